The molecular weight excluding hydrogens is 209 g/mol. The number of aromatic nitrogens is 1. The van der Waals surface area contributed by atoms with Crippen LogP contribution in [-0.2, 0) is 12.6 Å². The van der Waals surface area contributed by atoms with Gasteiger partial charge in [0.25, 0.3) is 0 Å². The molecule has 0 saturated heterocycles. The molecule has 0 saturated carbocycles. The van der Waals surface area contributed by atoms with E-state index in [-0.39, 0.29) is 17.7 Å². The zero-order chi connectivity index (χ0) is 11.5. The minimum absolute atomic E-state index is 0.177. The smallest absolute Gasteiger partial charge is 0.420 e. The standard InChI is InChI=1S/C9H7F3N2O/c1-15-7-5-14-4-6(2-3-13)8(7)9(10,11)12/h4-5H,2H2,1H3. The Morgan fingerprint density at radius 1 is 1.47 bits per heavy atom. The zero-order valence-electron chi connectivity index (χ0n) is 7.80. The molecule has 0 atom stereocenters. The lowest BCUT2D eigenvalue weighted by molar-refractivity contribution is -0.139. The molecule has 0 aliphatic heterocycles. The summed E-state index contributed by atoms with van der Waals surface area (Å²) in [5.74, 6) is -0.366. The molecule has 0 bridgehead atoms. The van der Waals surface area contributed by atoms with E-state index in [2.05, 4.69) is 9.72 Å². The van der Waals surface area contributed by atoms with Crippen LogP contribution in [-0.4, -0.2) is 12.1 Å². The van der Waals surface area contributed by atoms with Crippen LogP contribution >= 0.6 is 0 Å². The Hall–Kier alpha value is -1.77. The summed E-state index contributed by atoms with van der Waals surface area (Å²) in [6.07, 6.45) is -2.89. The van der Waals surface area contributed by atoms with E-state index < -0.39 is 11.7 Å². The predicted molar refractivity (Wildman–Crippen MR) is 45.1 cm³/mol. The van der Waals surface area contributed by atoms with Gasteiger partial charge in [0.2, 0.25) is 0 Å². The maximum absolute atomic E-state index is 12.6. The maximum Gasteiger partial charge on any atom is 0.420 e. The molecule has 0 spiro atoms. The first-order valence-corrected chi connectivity index (χ1v) is 3.95. The Morgan fingerprint density at radius 3 is 2.60 bits per heavy atom. The fourth-order valence-electron chi connectivity index (χ4n) is 1.18. The van der Waals surface area contributed by atoms with E-state index in [0.717, 1.165) is 19.5 Å². The highest BCUT2D eigenvalue weighted by molar-refractivity contribution is 5.40. The molecule has 6 heteroatoms. The van der Waals surface area contributed by atoms with Crippen molar-refractivity contribution in [1.29, 1.82) is 5.26 Å². The normalized spacial score (nSPS) is 10.9. The molecule has 0 aromatic carbocycles. The lowest BCUT2D eigenvalue weighted by atomic mass is 10.1. The van der Waals surface area contributed by atoms with Crippen LogP contribution in [0.3, 0.4) is 0 Å². The van der Waals surface area contributed by atoms with Gasteiger partial charge in [0.1, 0.15) is 11.3 Å². The number of alkyl halides is 3. The molecule has 1 aromatic rings. The summed E-state index contributed by atoms with van der Waals surface area (Å²) in [5, 5.41) is 8.39. The van der Waals surface area contributed by atoms with E-state index >= 15 is 0 Å². The highest BCUT2D eigenvalue weighted by Crippen LogP contribution is 2.38. The first-order chi connectivity index (χ1) is 7.00. The molecule has 1 aromatic heterocycles. The topological polar surface area (TPSA) is 45.9 Å². The third kappa shape index (κ3) is 2.37. The van der Waals surface area contributed by atoms with Gasteiger partial charge >= 0.3 is 6.18 Å². The summed E-state index contributed by atoms with van der Waals surface area (Å²) < 4.78 is 42.4. The number of methoxy groups -OCH3 is 1. The Labute approximate surface area is 84.1 Å². The number of nitrogens with zero attached hydrogens (tertiary/aromatic N) is 2. The minimum atomic E-state index is -4.54. The summed E-state index contributed by atoms with van der Waals surface area (Å²) in [5.41, 5.74) is -1.11. The molecule has 0 N–H and O–H groups in total. The second-order valence-electron chi connectivity index (χ2n) is 2.71. The van der Waals surface area contributed by atoms with Crippen molar-refractivity contribution in [1.82, 2.24) is 4.98 Å². The molecule has 1 heterocycles. The summed E-state index contributed by atoms with van der Waals surface area (Å²) in [6.45, 7) is 0. The Balaban J connectivity index is 3.35. The van der Waals surface area contributed by atoms with Crippen molar-refractivity contribution < 1.29 is 17.9 Å². The van der Waals surface area contributed by atoms with Gasteiger partial charge in [-0.25, -0.2) is 0 Å². The van der Waals surface area contributed by atoms with E-state index in [1.54, 1.807) is 6.07 Å². The van der Waals surface area contributed by atoms with Crippen LogP contribution in [0.4, 0.5) is 13.2 Å². The quantitative estimate of drug-likeness (QED) is 0.761. The first kappa shape index (κ1) is 11.3. The van der Waals surface area contributed by atoms with E-state index in [1.165, 1.54) is 0 Å². The summed E-state index contributed by atoms with van der Waals surface area (Å²) in [6, 6.07) is 1.65. The Morgan fingerprint density at radius 2 is 2.13 bits per heavy atom. The van der Waals surface area contributed by atoms with E-state index in [1.807, 2.05) is 0 Å². The molecular formula is C9H7F3N2O. The fraction of sp³-hybridized carbons (Fsp3) is 0.333. The van der Waals surface area contributed by atoms with Crippen molar-refractivity contribution in [3.63, 3.8) is 0 Å². The van der Waals surface area contributed by atoms with Crippen LogP contribution in [0.15, 0.2) is 12.4 Å². The number of ether oxygens (including phenoxy) is 1. The van der Waals surface area contributed by atoms with Gasteiger partial charge in [-0.3, -0.25) is 4.98 Å². The van der Waals surface area contributed by atoms with Crippen LogP contribution in [0.5, 0.6) is 5.75 Å². The molecule has 1 rings (SSSR count). The van der Waals surface area contributed by atoms with Gasteiger partial charge in [-0.05, 0) is 0 Å². The average Bonchev–Trinajstić information content (AvgIpc) is 2.16. The van der Waals surface area contributed by atoms with E-state index in [0.29, 0.717) is 0 Å². The molecule has 0 aliphatic carbocycles. The monoisotopic (exact) mass is 216 g/mol. The maximum atomic E-state index is 12.6. The number of hydrogen-bond acceptors (Lipinski definition) is 3. The molecule has 3 nitrogen and oxygen atoms in total. The van der Waals surface area contributed by atoms with Crippen LogP contribution in [0.2, 0.25) is 0 Å². The number of hydrogen-bond donors (Lipinski definition) is 0. The molecule has 80 valence electrons. The van der Waals surface area contributed by atoms with Gasteiger partial charge in [0.15, 0.2) is 0 Å². The van der Waals surface area contributed by atoms with Gasteiger partial charge in [0, 0.05) is 11.8 Å². The van der Waals surface area contributed by atoms with Gasteiger partial charge in [0.05, 0.1) is 25.8 Å². The molecule has 0 unspecified atom stereocenters. The third-order valence-electron chi connectivity index (χ3n) is 1.76. The largest absolute Gasteiger partial charge is 0.494 e. The fourth-order valence-corrected chi connectivity index (χ4v) is 1.18. The van der Waals surface area contributed by atoms with Crippen molar-refractivity contribution in [2.45, 2.75) is 12.6 Å². The highest BCUT2D eigenvalue weighted by atomic mass is 19.4. The number of rotatable bonds is 2. The highest BCUT2D eigenvalue weighted by Gasteiger charge is 2.37. The van der Waals surface area contributed by atoms with Crippen LogP contribution in [0.25, 0.3) is 0 Å². The van der Waals surface area contributed by atoms with E-state index in [9.17, 15) is 13.2 Å². The zero-order valence-corrected chi connectivity index (χ0v) is 7.80. The van der Waals surface area contributed by atoms with Crippen molar-refractivity contribution in [3.8, 4) is 11.8 Å². The molecule has 0 radical (unpaired) electrons. The third-order valence-corrected chi connectivity index (χ3v) is 1.76. The van der Waals surface area contributed by atoms with Crippen molar-refractivity contribution in [3.05, 3.63) is 23.5 Å². The molecule has 0 fully saturated rings. The minimum Gasteiger partial charge on any atom is -0.494 e. The predicted octanol–water partition coefficient (Wildman–Crippen LogP) is 2.18. The van der Waals surface area contributed by atoms with Gasteiger partial charge in [-0.2, -0.15) is 18.4 Å². The van der Waals surface area contributed by atoms with Crippen LogP contribution in [0.1, 0.15) is 11.1 Å². The SMILES string of the molecule is COc1cncc(CC#N)c1C(F)(F)F. The van der Waals surface area contributed by atoms with Crippen molar-refractivity contribution >= 4 is 0 Å². The second-order valence-corrected chi connectivity index (χ2v) is 2.71. The van der Waals surface area contributed by atoms with Crippen LogP contribution in [0, 0.1) is 11.3 Å². The Bertz CT molecular complexity index is 395. The van der Waals surface area contributed by atoms with Gasteiger partial charge < -0.3 is 4.74 Å². The molecule has 0 amide bonds. The number of nitriles is 1. The molecule has 15 heavy (non-hydrogen) atoms. The van der Waals surface area contributed by atoms with Crippen LogP contribution < -0.4 is 4.74 Å². The Kier molecular flexibility index (Phi) is 3.14. The van der Waals surface area contributed by atoms with Crippen molar-refractivity contribution in [2.75, 3.05) is 7.11 Å². The number of pyridine rings is 1. The lowest BCUT2D eigenvalue weighted by Gasteiger charge is -2.14. The lowest BCUT2D eigenvalue weighted by Crippen LogP contribution is -2.11. The number of halogens is 3. The summed E-state index contributed by atoms with van der Waals surface area (Å²) in [4.78, 5) is 3.57. The summed E-state index contributed by atoms with van der Waals surface area (Å²) in [7, 11) is 1.13. The summed E-state index contributed by atoms with van der Waals surface area (Å²) >= 11 is 0. The van der Waals surface area contributed by atoms with Gasteiger partial charge in [-0.1, -0.05) is 0 Å². The van der Waals surface area contributed by atoms with Crippen molar-refractivity contribution in [2.24, 2.45) is 0 Å². The van der Waals surface area contributed by atoms with E-state index in [4.69, 9.17) is 5.26 Å². The second kappa shape index (κ2) is 4.17. The first-order valence-electron chi connectivity index (χ1n) is 3.95. The molecule has 0 aliphatic rings. The average molecular weight is 216 g/mol. The van der Waals surface area contributed by atoms with Gasteiger partial charge in [-0.15, -0.1) is 0 Å².